The molecule has 1 aliphatic rings. The Morgan fingerprint density at radius 2 is 2.08 bits per heavy atom. The number of carbonyl (C=O) groups excluding carboxylic acids is 1. The minimum atomic E-state index is -0.715. The SMILES string of the molecule is CCC(C)Oc1cc(C)ccc1CNC(=O)C1(OC)CCNCC1. The minimum absolute atomic E-state index is 0.0402. The van der Waals surface area contributed by atoms with Gasteiger partial charge in [0.1, 0.15) is 11.4 Å². The largest absolute Gasteiger partial charge is 0.490 e. The molecule has 1 amide bonds. The zero-order valence-corrected chi connectivity index (χ0v) is 15.3. The van der Waals surface area contributed by atoms with Gasteiger partial charge in [0.15, 0.2) is 0 Å². The molecule has 2 rings (SSSR count). The molecule has 0 radical (unpaired) electrons. The molecule has 24 heavy (non-hydrogen) atoms. The van der Waals surface area contributed by atoms with Crippen molar-refractivity contribution in [2.24, 2.45) is 0 Å². The van der Waals surface area contributed by atoms with Crippen LogP contribution in [0.1, 0.15) is 44.2 Å². The molecular formula is C19H30N2O3. The lowest BCUT2D eigenvalue weighted by Gasteiger charge is -2.34. The fraction of sp³-hybridized carbons (Fsp3) is 0.632. The number of nitrogens with one attached hydrogen (secondary N) is 2. The third kappa shape index (κ3) is 4.48. The van der Waals surface area contributed by atoms with E-state index in [0.717, 1.165) is 36.4 Å². The van der Waals surface area contributed by atoms with Gasteiger partial charge in [0, 0.05) is 19.2 Å². The normalized spacial score (nSPS) is 18.0. The van der Waals surface area contributed by atoms with Crippen LogP contribution in [0.3, 0.4) is 0 Å². The van der Waals surface area contributed by atoms with E-state index in [1.54, 1.807) is 7.11 Å². The summed E-state index contributed by atoms with van der Waals surface area (Å²) in [6.07, 6.45) is 2.48. The second kappa shape index (κ2) is 8.49. The Bertz CT molecular complexity index is 554. The molecule has 1 saturated heterocycles. The molecule has 5 nitrogen and oxygen atoms in total. The number of hydrogen-bond donors (Lipinski definition) is 2. The minimum Gasteiger partial charge on any atom is -0.490 e. The monoisotopic (exact) mass is 334 g/mol. The number of hydrogen-bond acceptors (Lipinski definition) is 4. The molecule has 0 saturated carbocycles. The molecule has 1 heterocycles. The van der Waals surface area contributed by atoms with E-state index in [-0.39, 0.29) is 12.0 Å². The van der Waals surface area contributed by atoms with Crippen molar-refractivity contribution in [1.82, 2.24) is 10.6 Å². The van der Waals surface area contributed by atoms with Gasteiger partial charge < -0.3 is 20.1 Å². The van der Waals surface area contributed by atoms with Crippen molar-refractivity contribution in [3.63, 3.8) is 0 Å². The fourth-order valence-corrected chi connectivity index (χ4v) is 2.91. The van der Waals surface area contributed by atoms with Crippen molar-refractivity contribution in [3.05, 3.63) is 29.3 Å². The highest BCUT2D eigenvalue weighted by molar-refractivity contribution is 5.85. The standard InChI is InChI=1S/C19H30N2O3/c1-5-15(3)24-17-12-14(2)6-7-16(17)13-21-18(22)19(23-4)8-10-20-11-9-19/h6-7,12,15,20H,5,8-11,13H2,1-4H3,(H,21,22). The first-order valence-electron chi connectivity index (χ1n) is 8.81. The van der Waals surface area contributed by atoms with Crippen molar-refractivity contribution >= 4 is 5.91 Å². The lowest BCUT2D eigenvalue weighted by molar-refractivity contribution is -0.146. The molecule has 1 unspecified atom stereocenters. The van der Waals surface area contributed by atoms with Gasteiger partial charge in [-0.3, -0.25) is 4.79 Å². The van der Waals surface area contributed by atoms with Crippen molar-refractivity contribution in [1.29, 1.82) is 0 Å². The highest BCUT2D eigenvalue weighted by Gasteiger charge is 2.39. The lowest BCUT2D eigenvalue weighted by Crippen LogP contribution is -2.53. The van der Waals surface area contributed by atoms with E-state index in [1.165, 1.54) is 0 Å². The maximum atomic E-state index is 12.7. The van der Waals surface area contributed by atoms with Gasteiger partial charge in [-0.25, -0.2) is 0 Å². The summed E-state index contributed by atoms with van der Waals surface area (Å²) < 4.78 is 11.6. The van der Waals surface area contributed by atoms with Gasteiger partial charge in [-0.15, -0.1) is 0 Å². The molecule has 0 aliphatic carbocycles. The topological polar surface area (TPSA) is 59.6 Å². The number of amides is 1. The zero-order valence-electron chi connectivity index (χ0n) is 15.3. The van der Waals surface area contributed by atoms with E-state index in [4.69, 9.17) is 9.47 Å². The van der Waals surface area contributed by atoms with Crippen LogP contribution in [0.15, 0.2) is 18.2 Å². The first-order valence-corrected chi connectivity index (χ1v) is 8.81. The van der Waals surface area contributed by atoms with Crippen LogP contribution in [0, 0.1) is 6.92 Å². The van der Waals surface area contributed by atoms with E-state index < -0.39 is 5.60 Å². The van der Waals surface area contributed by atoms with Crippen molar-refractivity contribution in [3.8, 4) is 5.75 Å². The average molecular weight is 334 g/mol. The lowest BCUT2D eigenvalue weighted by atomic mass is 9.91. The highest BCUT2D eigenvalue weighted by Crippen LogP contribution is 2.25. The van der Waals surface area contributed by atoms with E-state index in [0.29, 0.717) is 19.4 Å². The number of rotatable bonds is 7. The van der Waals surface area contributed by atoms with Gasteiger partial charge in [-0.1, -0.05) is 19.1 Å². The number of methoxy groups -OCH3 is 1. The van der Waals surface area contributed by atoms with Crippen LogP contribution < -0.4 is 15.4 Å². The van der Waals surface area contributed by atoms with Crippen molar-refractivity contribution in [2.45, 2.75) is 58.3 Å². The summed E-state index contributed by atoms with van der Waals surface area (Å²) in [5.74, 6) is 0.808. The van der Waals surface area contributed by atoms with Crippen LogP contribution in [0.2, 0.25) is 0 Å². The number of piperidine rings is 1. The molecule has 1 aliphatic heterocycles. The van der Waals surface area contributed by atoms with Crippen molar-refractivity contribution < 1.29 is 14.3 Å². The van der Waals surface area contributed by atoms with Gasteiger partial charge in [0.25, 0.3) is 5.91 Å². The molecule has 1 aromatic carbocycles. The molecule has 0 aromatic heterocycles. The summed E-state index contributed by atoms with van der Waals surface area (Å²) in [6, 6.07) is 6.10. The van der Waals surface area contributed by atoms with Crippen LogP contribution in [-0.4, -0.2) is 37.8 Å². The Morgan fingerprint density at radius 1 is 1.38 bits per heavy atom. The summed E-state index contributed by atoms with van der Waals surface area (Å²) in [4.78, 5) is 12.7. The molecule has 134 valence electrons. The molecule has 0 bridgehead atoms. The van der Waals surface area contributed by atoms with Crippen LogP contribution >= 0.6 is 0 Å². The summed E-state index contributed by atoms with van der Waals surface area (Å²) in [5, 5.41) is 6.31. The summed E-state index contributed by atoms with van der Waals surface area (Å²) in [5.41, 5.74) is 1.43. The molecule has 1 fully saturated rings. The summed E-state index contributed by atoms with van der Waals surface area (Å²) in [7, 11) is 1.62. The summed E-state index contributed by atoms with van der Waals surface area (Å²) in [6.45, 7) is 8.24. The molecule has 1 aromatic rings. The third-order valence-corrected chi connectivity index (χ3v) is 4.78. The van der Waals surface area contributed by atoms with E-state index in [9.17, 15) is 4.79 Å². The molecule has 2 N–H and O–H groups in total. The smallest absolute Gasteiger partial charge is 0.252 e. The number of carbonyl (C=O) groups is 1. The number of aryl methyl sites for hydroxylation is 1. The summed E-state index contributed by atoms with van der Waals surface area (Å²) >= 11 is 0. The van der Waals surface area contributed by atoms with Crippen LogP contribution in [0.4, 0.5) is 0 Å². The predicted molar refractivity (Wildman–Crippen MR) is 95.3 cm³/mol. The average Bonchev–Trinajstić information content (AvgIpc) is 2.61. The highest BCUT2D eigenvalue weighted by atomic mass is 16.5. The van der Waals surface area contributed by atoms with Crippen LogP contribution in [-0.2, 0) is 16.1 Å². The Labute approximate surface area is 145 Å². The number of ether oxygens (including phenoxy) is 2. The van der Waals surface area contributed by atoms with E-state index in [1.807, 2.05) is 25.1 Å². The second-order valence-corrected chi connectivity index (χ2v) is 6.58. The van der Waals surface area contributed by atoms with Crippen LogP contribution in [0.5, 0.6) is 5.75 Å². The first-order chi connectivity index (χ1) is 11.5. The van der Waals surface area contributed by atoms with E-state index >= 15 is 0 Å². The second-order valence-electron chi connectivity index (χ2n) is 6.58. The predicted octanol–water partition coefficient (Wildman–Crippen LogP) is 2.56. The molecule has 5 heteroatoms. The first kappa shape index (κ1) is 18.7. The Balaban J connectivity index is 2.06. The van der Waals surface area contributed by atoms with Gasteiger partial charge in [-0.2, -0.15) is 0 Å². The van der Waals surface area contributed by atoms with Gasteiger partial charge >= 0.3 is 0 Å². The van der Waals surface area contributed by atoms with E-state index in [2.05, 4.69) is 24.5 Å². The Hall–Kier alpha value is -1.59. The van der Waals surface area contributed by atoms with Gasteiger partial charge in [0.05, 0.1) is 6.10 Å². The van der Waals surface area contributed by atoms with Crippen molar-refractivity contribution in [2.75, 3.05) is 20.2 Å². The number of benzene rings is 1. The molecule has 1 atom stereocenters. The quantitative estimate of drug-likeness (QED) is 0.804. The maximum Gasteiger partial charge on any atom is 0.252 e. The maximum absolute atomic E-state index is 12.7. The van der Waals surface area contributed by atoms with Gasteiger partial charge in [-0.05, 0) is 57.8 Å². The molecule has 0 spiro atoms. The van der Waals surface area contributed by atoms with Crippen LogP contribution in [0.25, 0.3) is 0 Å². The Kier molecular flexibility index (Phi) is 6.63. The fourth-order valence-electron chi connectivity index (χ4n) is 2.91. The van der Waals surface area contributed by atoms with Gasteiger partial charge in [0.2, 0.25) is 0 Å². The Morgan fingerprint density at radius 3 is 2.71 bits per heavy atom. The zero-order chi connectivity index (χ0) is 17.6. The molecular weight excluding hydrogens is 304 g/mol. The third-order valence-electron chi connectivity index (χ3n) is 4.78.